The molecule has 0 N–H and O–H groups in total. The summed E-state index contributed by atoms with van der Waals surface area (Å²) in [6.07, 6.45) is 0. The van der Waals surface area contributed by atoms with E-state index >= 15 is 0 Å². The van der Waals surface area contributed by atoms with Crippen LogP contribution in [0.25, 0.3) is 0 Å². The van der Waals surface area contributed by atoms with Crippen molar-refractivity contribution in [3.05, 3.63) is 22.2 Å². The molecule has 13 heavy (non-hydrogen) atoms. The van der Waals surface area contributed by atoms with E-state index in [1.807, 2.05) is 13.8 Å². The van der Waals surface area contributed by atoms with Crippen molar-refractivity contribution in [3.8, 4) is 0 Å². The van der Waals surface area contributed by atoms with Crippen LogP contribution in [0, 0.1) is 0 Å². The maximum absolute atomic E-state index is 5.79. The summed E-state index contributed by atoms with van der Waals surface area (Å²) in [7, 11) is 0. The smallest absolute Gasteiger partial charge is 0.222 e. The van der Waals surface area contributed by atoms with Crippen LogP contribution in [0.4, 0.5) is 0 Å². The Hall–Kier alpha value is -0.0500. The fraction of sp³-hybridized carbons (Fsp3) is 0.500. The molecule has 1 aromatic heterocycles. The molecule has 2 nitrogen and oxygen atoms in total. The molecule has 0 unspecified atom stereocenters. The van der Waals surface area contributed by atoms with Crippen LogP contribution in [-0.2, 0) is 5.41 Å². The van der Waals surface area contributed by atoms with Crippen molar-refractivity contribution < 1.29 is 0 Å². The zero-order valence-corrected chi connectivity index (χ0v) is 9.58. The first-order valence-corrected chi connectivity index (χ1v) is 5.01. The maximum Gasteiger partial charge on any atom is 0.224 e. The molecular formula is C8H9Cl3N2. The SMILES string of the molecule is CC(C)(CCl)c1cc(Cl)nc(Cl)n1. The zero-order valence-electron chi connectivity index (χ0n) is 7.31. The van der Waals surface area contributed by atoms with Gasteiger partial charge in [-0.05, 0) is 17.7 Å². The lowest BCUT2D eigenvalue weighted by atomic mass is 9.92. The highest BCUT2D eigenvalue weighted by Gasteiger charge is 2.22. The second-order valence-electron chi connectivity index (χ2n) is 3.36. The monoisotopic (exact) mass is 238 g/mol. The van der Waals surface area contributed by atoms with E-state index < -0.39 is 0 Å². The Morgan fingerprint density at radius 2 is 1.92 bits per heavy atom. The second-order valence-corrected chi connectivity index (χ2v) is 4.36. The molecule has 1 rings (SSSR count). The fourth-order valence-electron chi connectivity index (χ4n) is 0.805. The van der Waals surface area contributed by atoms with E-state index in [2.05, 4.69) is 9.97 Å². The van der Waals surface area contributed by atoms with Gasteiger partial charge >= 0.3 is 0 Å². The Morgan fingerprint density at radius 3 is 2.38 bits per heavy atom. The predicted molar refractivity (Wildman–Crippen MR) is 55.8 cm³/mol. The topological polar surface area (TPSA) is 25.8 Å². The van der Waals surface area contributed by atoms with Gasteiger partial charge in [-0.2, -0.15) is 0 Å². The van der Waals surface area contributed by atoms with E-state index in [0.29, 0.717) is 11.0 Å². The molecule has 0 aliphatic rings. The third-order valence-electron chi connectivity index (χ3n) is 1.70. The lowest BCUT2D eigenvalue weighted by Gasteiger charge is -2.20. The summed E-state index contributed by atoms with van der Waals surface area (Å²) >= 11 is 17.2. The van der Waals surface area contributed by atoms with Crippen LogP contribution in [0.2, 0.25) is 10.4 Å². The predicted octanol–water partition coefficient (Wildman–Crippen LogP) is 3.30. The molecule has 0 saturated carbocycles. The summed E-state index contributed by atoms with van der Waals surface area (Å²) in [4.78, 5) is 7.82. The van der Waals surface area contributed by atoms with Crippen molar-refractivity contribution in [1.82, 2.24) is 9.97 Å². The van der Waals surface area contributed by atoms with Gasteiger partial charge in [-0.25, -0.2) is 9.97 Å². The summed E-state index contributed by atoms with van der Waals surface area (Å²) in [5.41, 5.74) is 0.519. The summed E-state index contributed by atoms with van der Waals surface area (Å²) in [6, 6.07) is 1.68. The van der Waals surface area contributed by atoms with E-state index in [1.54, 1.807) is 6.07 Å². The Kier molecular flexibility index (Phi) is 3.38. The van der Waals surface area contributed by atoms with E-state index in [4.69, 9.17) is 34.8 Å². The molecular weight excluding hydrogens is 230 g/mol. The van der Waals surface area contributed by atoms with Gasteiger partial charge in [-0.1, -0.05) is 25.4 Å². The highest BCUT2D eigenvalue weighted by molar-refractivity contribution is 6.31. The highest BCUT2D eigenvalue weighted by Crippen LogP contribution is 2.25. The van der Waals surface area contributed by atoms with Crippen molar-refractivity contribution >= 4 is 34.8 Å². The van der Waals surface area contributed by atoms with E-state index in [9.17, 15) is 0 Å². The van der Waals surface area contributed by atoms with Crippen molar-refractivity contribution in [2.45, 2.75) is 19.3 Å². The van der Waals surface area contributed by atoms with Gasteiger partial charge < -0.3 is 0 Å². The van der Waals surface area contributed by atoms with Crippen LogP contribution in [0.15, 0.2) is 6.07 Å². The zero-order chi connectivity index (χ0) is 10.1. The minimum absolute atomic E-state index is 0.153. The minimum atomic E-state index is -0.238. The average molecular weight is 240 g/mol. The average Bonchev–Trinajstić information content (AvgIpc) is 2.02. The van der Waals surface area contributed by atoms with Gasteiger partial charge in [0.2, 0.25) is 5.28 Å². The molecule has 0 radical (unpaired) electrons. The first-order valence-electron chi connectivity index (χ1n) is 3.72. The normalized spacial score (nSPS) is 11.8. The van der Waals surface area contributed by atoms with Crippen molar-refractivity contribution in [3.63, 3.8) is 0 Å². The van der Waals surface area contributed by atoms with Gasteiger partial charge in [0.1, 0.15) is 5.15 Å². The summed E-state index contributed by atoms with van der Waals surface area (Å²) in [6.45, 7) is 3.93. The highest BCUT2D eigenvalue weighted by atomic mass is 35.5. The lowest BCUT2D eigenvalue weighted by Crippen LogP contribution is -2.21. The molecule has 1 aromatic rings. The first kappa shape index (κ1) is 11.0. The molecule has 0 saturated heterocycles. The third kappa shape index (κ3) is 2.70. The van der Waals surface area contributed by atoms with Gasteiger partial charge in [0, 0.05) is 11.3 Å². The molecule has 5 heteroatoms. The van der Waals surface area contributed by atoms with E-state index in [0.717, 1.165) is 5.69 Å². The molecule has 0 bridgehead atoms. The second kappa shape index (κ2) is 3.99. The molecule has 0 amide bonds. The van der Waals surface area contributed by atoms with Crippen LogP contribution < -0.4 is 0 Å². The van der Waals surface area contributed by atoms with E-state index in [-0.39, 0.29) is 10.7 Å². The number of alkyl halides is 1. The quantitative estimate of drug-likeness (QED) is 0.450. The largest absolute Gasteiger partial charge is 0.224 e. The molecule has 72 valence electrons. The standard InChI is InChI=1S/C8H9Cl3N2/c1-8(2,4-9)5-3-6(10)13-7(11)12-5/h3H,4H2,1-2H3. The minimum Gasteiger partial charge on any atom is -0.222 e. The summed E-state index contributed by atoms with van der Waals surface area (Å²) in [5, 5.41) is 0.494. The number of rotatable bonds is 2. The van der Waals surface area contributed by atoms with Gasteiger partial charge in [-0.3, -0.25) is 0 Å². The Labute approximate surface area is 92.2 Å². The molecule has 0 spiro atoms. The van der Waals surface area contributed by atoms with Crippen molar-refractivity contribution in [2.24, 2.45) is 0 Å². The first-order chi connectivity index (χ1) is 5.95. The van der Waals surface area contributed by atoms with E-state index in [1.165, 1.54) is 0 Å². The van der Waals surface area contributed by atoms with Crippen LogP contribution in [0.1, 0.15) is 19.5 Å². The Morgan fingerprint density at radius 1 is 1.31 bits per heavy atom. The van der Waals surface area contributed by atoms with Gasteiger partial charge in [0.25, 0.3) is 0 Å². The number of nitrogens with zero attached hydrogens (tertiary/aromatic N) is 2. The molecule has 0 atom stereocenters. The van der Waals surface area contributed by atoms with Gasteiger partial charge in [-0.15, -0.1) is 11.6 Å². The maximum atomic E-state index is 5.79. The molecule has 1 heterocycles. The number of hydrogen-bond donors (Lipinski definition) is 0. The number of hydrogen-bond acceptors (Lipinski definition) is 2. The third-order valence-corrected chi connectivity index (χ3v) is 2.73. The summed E-state index contributed by atoms with van der Waals surface area (Å²) in [5.74, 6) is 0.455. The fourth-order valence-corrected chi connectivity index (χ4v) is 1.35. The summed E-state index contributed by atoms with van der Waals surface area (Å²) < 4.78 is 0. The van der Waals surface area contributed by atoms with Crippen LogP contribution in [-0.4, -0.2) is 15.8 Å². The van der Waals surface area contributed by atoms with Crippen molar-refractivity contribution in [2.75, 3.05) is 5.88 Å². The van der Waals surface area contributed by atoms with Crippen LogP contribution in [0.3, 0.4) is 0 Å². The van der Waals surface area contributed by atoms with Crippen molar-refractivity contribution in [1.29, 1.82) is 0 Å². The van der Waals surface area contributed by atoms with Gasteiger partial charge in [0.15, 0.2) is 0 Å². The van der Waals surface area contributed by atoms with Crippen LogP contribution in [0.5, 0.6) is 0 Å². The Bertz CT molecular complexity index is 292. The molecule has 0 aliphatic carbocycles. The molecule has 0 aliphatic heterocycles. The molecule has 0 aromatic carbocycles. The lowest BCUT2D eigenvalue weighted by molar-refractivity contribution is 0.574. The number of halogens is 3. The molecule has 0 fully saturated rings. The van der Waals surface area contributed by atoms with Crippen LogP contribution >= 0.6 is 34.8 Å². The number of aromatic nitrogens is 2. The van der Waals surface area contributed by atoms with Gasteiger partial charge in [0.05, 0.1) is 5.69 Å². The Balaban J connectivity index is 3.15.